The van der Waals surface area contributed by atoms with Gasteiger partial charge in [-0.2, -0.15) is 0 Å². The minimum atomic E-state index is -0.838. The number of carboxylic acids is 1. The molecule has 2 aromatic carbocycles. The third-order valence-electron chi connectivity index (χ3n) is 3.04. The minimum absolute atomic E-state index is 0.0300. The standard InChI is InChI=1S/C16H16N2O3/c17-16(21)13-5-7-14(8-6-13)18-10-12-3-1-11(2-4-12)9-15(19)20/h1-8,18H,9-10H2,(H2,17,21)(H,19,20). The number of nitrogens with two attached hydrogens (primary N) is 1. The van der Waals surface area contributed by atoms with Gasteiger partial charge in [-0.15, -0.1) is 0 Å². The second kappa shape index (κ2) is 6.56. The molecule has 2 rings (SSSR count). The van der Waals surface area contributed by atoms with Crippen molar-refractivity contribution in [3.8, 4) is 0 Å². The first-order chi connectivity index (χ1) is 10.0. The van der Waals surface area contributed by atoms with Crippen LogP contribution in [-0.4, -0.2) is 17.0 Å². The van der Waals surface area contributed by atoms with E-state index in [4.69, 9.17) is 10.8 Å². The molecule has 108 valence electrons. The molecule has 1 amide bonds. The fourth-order valence-corrected chi connectivity index (χ4v) is 1.91. The predicted octanol–water partition coefficient (Wildman–Crippen LogP) is 2.02. The number of benzene rings is 2. The lowest BCUT2D eigenvalue weighted by molar-refractivity contribution is -0.136. The predicted molar refractivity (Wildman–Crippen MR) is 80.1 cm³/mol. The average molecular weight is 284 g/mol. The SMILES string of the molecule is NC(=O)c1ccc(NCc2ccc(CC(=O)O)cc2)cc1. The maximum atomic E-state index is 11.0. The summed E-state index contributed by atoms with van der Waals surface area (Å²) >= 11 is 0. The van der Waals surface area contributed by atoms with Crippen LogP contribution in [0.3, 0.4) is 0 Å². The van der Waals surface area contributed by atoms with E-state index in [0.717, 1.165) is 16.8 Å². The summed E-state index contributed by atoms with van der Waals surface area (Å²) in [5, 5.41) is 11.9. The molecule has 0 aromatic heterocycles. The summed E-state index contributed by atoms with van der Waals surface area (Å²) in [4.78, 5) is 21.6. The van der Waals surface area contributed by atoms with Gasteiger partial charge in [0.25, 0.3) is 0 Å². The molecule has 0 atom stereocenters. The van der Waals surface area contributed by atoms with E-state index in [9.17, 15) is 9.59 Å². The molecule has 2 aromatic rings. The first-order valence-electron chi connectivity index (χ1n) is 6.48. The van der Waals surface area contributed by atoms with Crippen molar-refractivity contribution in [3.05, 3.63) is 65.2 Å². The molecular formula is C16H16N2O3. The van der Waals surface area contributed by atoms with Gasteiger partial charge in [0.1, 0.15) is 0 Å². The number of anilines is 1. The van der Waals surface area contributed by atoms with Crippen molar-refractivity contribution in [1.82, 2.24) is 0 Å². The van der Waals surface area contributed by atoms with Gasteiger partial charge < -0.3 is 16.2 Å². The van der Waals surface area contributed by atoms with Crippen molar-refractivity contribution in [3.63, 3.8) is 0 Å². The zero-order valence-electron chi connectivity index (χ0n) is 11.4. The molecule has 0 aliphatic heterocycles. The normalized spacial score (nSPS) is 10.1. The molecule has 0 aliphatic rings. The Morgan fingerprint density at radius 3 is 2.05 bits per heavy atom. The molecule has 0 fully saturated rings. The Hall–Kier alpha value is -2.82. The number of carbonyl (C=O) groups is 2. The van der Waals surface area contributed by atoms with Crippen LogP contribution in [0.5, 0.6) is 0 Å². The molecule has 4 N–H and O–H groups in total. The van der Waals surface area contributed by atoms with E-state index in [-0.39, 0.29) is 6.42 Å². The third-order valence-corrected chi connectivity index (χ3v) is 3.04. The van der Waals surface area contributed by atoms with Crippen LogP contribution in [-0.2, 0) is 17.8 Å². The number of rotatable bonds is 6. The van der Waals surface area contributed by atoms with Gasteiger partial charge in [-0.05, 0) is 35.4 Å². The van der Waals surface area contributed by atoms with Gasteiger partial charge in [0, 0.05) is 17.8 Å². The molecule has 21 heavy (non-hydrogen) atoms. The summed E-state index contributed by atoms with van der Waals surface area (Å²) in [7, 11) is 0. The highest BCUT2D eigenvalue weighted by molar-refractivity contribution is 5.93. The van der Waals surface area contributed by atoms with Crippen molar-refractivity contribution < 1.29 is 14.7 Å². The fourth-order valence-electron chi connectivity index (χ4n) is 1.91. The van der Waals surface area contributed by atoms with Crippen molar-refractivity contribution >= 4 is 17.6 Å². The maximum absolute atomic E-state index is 11.0. The lowest BCUT2D eigenvalue weighted by Gasteiger charge is -2.07. The van der Waals surface area contributed by atoms with E-state index >= 15 is 0 Å². The summed E-state index contributed by atoms with van der Waals surface area (Å²) in [6.07, 6.45) is 0.0300. The van der Waals surface area contributed by atoms with Crippen LogP contribution in [0.4, 0.5) is 5.69 Å². The number of carbonyl (C=O) groups excluding carboxylic acids is 1. The molecule has 0 radical (unpaired) electrons. The molecule has 5 heteroatoms. The van der Waals surface area contributed by atoms with Crippen LogP contribution in [0.2, 0.25) is 0 Å². The van der Waals surface area contributed by atoms with Crippen LogP contribution in [0.15, 0.2) is 48.5 Å². The van der Waals surface area contributed by atoms with E-state index in [1.807, 2.05) is 12.1 Å². The topological polar surface area (TPSA) is 92.4 Å². The fraction of sp³-hybridized carbons (Fsp3) is 0.125. The quantitative estimate of drug-likeness (QED) is 0.756. The van der Waals surface area contributed by atoms with Crippen molar-refractivity contribution in [2.24, 2.45) is 5.73 Å². The molecule has 0 saturated heterocycles. The Balaban J connectivity index is 1.93. The van der Waals surface area contributed by atoms with Crippen LogP contribution in [0.25, 0.3) is 0 Å². The maximum Gasteiger partial charge on any atom is 0.307 e. The first kappa shape index (κ1) is 14.6. The Kier molecular flexibility index (Phi) is 4.56. The third kappa shape index (κ3) is 4.35. The van der Waals surface area contributed by atoms with Gasteiger partial charge >= 0.3 is 5.97 Å². The lowest BCUT2D eigenvalue weighted by Crippen LogP contribution is -2.10. The van der Waals surface area contributed by atoms with Gasteiger partial charge in [-0.1, -0.05) is 24.3 Å². The van der Waals surface area contributed by atoms with Crippen LogP contribution in [0.1, 0.15) is 21.5 Å². The molecular weight excluding hydrogens is 268 g/mol. The van der Waals surface area contributed by atoms with Crippen LogP contribution in [0, 0.1) is 0 Å². The highest BCUT2D eigenvalue weighted by Crippen LogP contribution is 2.12. The number of primary amides is 1. The summed E-state index contributed by atoms with van der Waals surface area (Å²) in [6, 6.07) is 14.3. The van der Waals surface area contributed by atoms with Crippen molar-refractivity contribution in [1.29, 1.82) is 0 Å². The van der Waals surface area contributed by atoms with Gasteiger partial charge in [0.15, 0.2) is 0 Å². The van der Waals surface area contributed by atoms with Gasteiger partial charge in [-0.25, -0.2) is 0 Å². The number of nitrogens with one attached hydrogen (secondary N) is 1. The smallest absolute Gasteiger partial charge is 0.307 e. The average Bonchev–Trinajstić information content (AvgIpc) is 2.46. The molecule has 0 spiro atoms. The number of amides is 1. The Bertz CT molecular complexity index is 634. The van der Waals surface area contributed by atoms with Crippen molar-refractivity contribution in [2.45, 2.75) is 13.0 Å². The largest absolute Gasteiger partial charge is 0.481 e. The highest BCUT2D eigenvalue weighted by Gasteiger charge is 2.01. The first-order valence-corrected chi connectivity index (χ1v) is 6.48. The Morgan fingerprint density at radius 1 is 0.952 bits per heavy atom. The summed E-state index contributed by atoms with van der Waals surface area (Å²) in [5.74, 6) is -1.29. The highest BCUT2D eigenvalue weighted by atomic mass is 16.4. The Morgan fingerprint density at radius 2 is 1.52 bits per heavy atom. The van der Waals surface area contributed by atoms with E-state index < -0.39 is 11.9 Å². The van der Waals surface area contributed by atoms with Crippen LogP contribution < -0.4 is 11.1 Å². The zero-order valence-corrected chi connectivity index (χ0v) is 11.4. The number of hydrogen-bond donors (Lipinski definition) is 3. The van der Waals surface area contributed by atoms with Gasteiger partial charge in [0.2, 0.25) is 5.91 Å². The monoisotopic (exact) mass is 284 g/mol. The second-order valence-corrected chi connectivity index (χ2v) is 4.68. The molecule has 0 bridgehead atoms. The van der Waals surface area contributed by atoms with E-state index in [0.29, 0.717) is 12.1 Å². The molecule has 0 unspecified atom stereocenters. The van der Waals surface area contributed by atoms with E-state index in [2.05, 4.69) is 5.32 Å². The molecule has 0 saturated carbocycles. The number of carboxylic acid groups (broad SMARTS) is 1. The number of aliphatic carboxylic acids is 1. The van der Waals surface area contributed by atoms with Gasteiger partial charge in [-0.3, -0.25) is 9.59 Å². The Labute approximate surface area is 122 Å². The van der Waals surface area contributed by atoms with E-state index in [1.54, 1.807) is 36.4 Å². The zero-order chi connectivity index (χ0) is 15.2. The molecule has 5 nitrogen and oxygen atoms in total. The van der Waals surface area contributed by atoms with Crippen LogP contribution >= 0.6 is 0 Å². The van der Waals surface area contributed by atoms with Crippen molar-refractivity contribution in [2.75, 3.05) is 5.32 Å². The van der Waals surface area contributed by atoms with E-state index in [1.165, 1.54) is 0 Å². The van der Waals surface area contributed by atoms with Gasteiger partial charge in [0.05, 0.1) is 6.42 Å². The molecule has 0 aliphatic carbocycles. The summed E-state index contributed by atoms with van der Waals surface area (Å²) in [6.45, 7) is 0.614. The summed E-state index contributed by atoms with van der Waals surface area (Å²) < 4.78 is 0. The summed E-state index contributed by atoms with van der Waals surface area (Å²) in [5.41, 5.74) is 8.35. The molecule has 0 heterocycles. The number of hydrogen-bond acceptors (Lipinski definition) is 3. The minimum Gasteiger partial charge on any atom is -0.481 e. The lowest BCUT2D eigenvalue weighted by atomic mass is 10.1. The second-order valence-electron chi connectivity index (χ2n) is 4.68.